The number of aromatic nitrogens is 2. The summed E-state index contributed by atoms with van der Waals surface area (Å²) >= 11 is 0. The molecule has 0 aliphatic heterocycles. The Hall–Kier alpha value is -2.82. The van der Waals surface area contributed by atoms with E-state index in [0.717, 1.165) is 18.0 Å². The number of nitrogens with one attached hydrogen (secondary N) is 1. The van der Waals surface area contributed by atoms with Crippen LogP contribution in [0.25, 0.3) is 10.9 Å². The molecule has 2 saturated carbocycles. The maximum atomic E-state index is 5.84. The first-order valence-electron chi connectivity index (χ1n) is 9.72. The summed E-state index contributed by atoms with van der Waals surface area (Å²) in [6.07, 6.45) is 5.90. The van der Waals surface area contributed by atoms with Crippen molar-refractivity contribution < 1.29 is 0 Å². The number of hydrogen-bond acceptors (Lipinski definition) is 3. The first-order chi connectivity index (χ1) is 13.1. The van der Waals surface area contributed by atoms with Crippen LogP contribution in [0, 0.1) is 0 Å². The molecule has 5 nitrogen and oxygen atoms in total. The van der Waals surface area contributed by atoms with Crippen LogP contribution >= 0.6 is 0 Å². The van der Waals surface area contributed by atoms with E-state index in [0.29, 0.717) is 5.69 Å². The number of benzene rings is 1. The highest BCUT2D eigenvalue weighted by atomic mass is 15.2. The minimum absolute atomic E-state index is 0.263. The molecule has 0 unspecified atom stereocenters. The molecular weight excluding hydrogens is 334 g/mol. The highest BCUT2D eigenvalue weighted by Crippen LogP contribution is 2.50. The van der Waals surface area contributed by atoms with Gasteiger partial charge in [0.2, 0.25) is 0 Å². The molecule has 1 aromatic carbocycles. The van der Waals surface area contributed by atoms with Crippen molar-refractivity contribution >= 4 is 16.7 Å². The highest BCUT2D eigenvalue weighted by molar-refractivity contribution is 5.95. The van der Waals surface area contributed by atoms with E-state index in [4.69, 9.17) is 11.6 Å². The van der Waals surface area contributed by atoms with Crippen LogP contribution in [0.4, 0.5) is 0 Å². The molecule has 5 heteroatoms. The van der Waals surface area contributed by atoms with Crippen LogP contribution < -0.4 is 11.6 Å². The molecule has 27 heavy (non-hydrogen) atoms. The van der Waals surface area contributed by atoms with Crippen LogP contribution in [0.15, 0.2) is 41.5 Å². The smallest absolute Gasteiger partial charge is 0.168 e. The van der Waals surface area contributed by atoms with Crippen molar-refractivity contribution in [1.82, 2.24) is 9.97 Å². The first-order valence-corrected chi connectivity index (χ1v) is 9.72. The Balaban J connectivity index is 1.59. The van der Waals surface area contributed by atoms with Crippen molar-refractivity contribution in [1.29, 1.82) is 0 Å². The molecule has 2 aromatic heterocycles. The Bertz CT molecular complexity index is 1050. The molecule has 0 spiro atoms. The van der Waals surface area contributed by atoms with Gasteiger partial charge in [-0.05, 0) is 60.9 Å². The van der Waals surface area contributed by atoms with E-state index in [1.807, 2.05) is 18.2 Å². The predicted molar refractivity (Wildman–Crippen MR) is 109 cm³/mol. The van der Waals surface area contributed by atoms with Crippen molar-refractivity contribution in [2.24, 2.45) is 16.7 Å². The molecule has 2 aliphatic rings. The third-order valence-corrected chi connectivity index (χ3v) is 6.15. The van der Waals surface area contributed by atoms with E-state index < -0.39 is 0 Å². The van der Waals surface area contributed by atoms with Crippen LogP contribution in [-0.2, 0) is 11.8 Å². The lowest BCUT2D eigenvalue weighted by molar-refractivity contribution is 0.748. The standard InChI is InChI=1S/C22H25N5/c1-22(9-10-22)20-17(12-15-3-2-4-18(25-15)21(23)27-24)16-8-7-14(13-5-6-13)11-19(16)26-20/h2-4,7-8,11,13,26H,5-6,9-10,12,24H2,1H3,(H2,23,27). The number of amidine groups is 1. The highest BCUT2D eigenvalue weighted by Gasteiger charge is 2.42. The number of rotatable bonds is 5. The average molecular weight is 359 g/mol. The second kappa shape index (κ2) is 5.84. The summed E-state index contributed by atoms with van der Waals surface area (Å²) in [7, 11) is 0. The van der Waals surface area contributed by atoms with E-state index in [2.05, 4.69) is 40.2 Å². The number of nitrogens with zero attached hydrogens (tertiary/aromatic N) is 2. The Morgan fingerprint density at radius 3 is 2.78 bits per heavy atom. The number of aromatic amines is 1. The van der Waals surface area contributed by atoms with Gasteiger partial charge in [0, 0.05) is 34.1 Å². The summed E-state index contributed by atoms with van der Waals surface area (Å²) < 4.78 is 0. The molecule has 0 saturated heterocycles. The van der Waals surface area contributed by atoms with Crippen LogP contribution in [0.3, 0.4) is 0 Å². The van der Waals surface area contributed by atoms with E-state index >= 15 is 0 Å². The molecule has 0 atom stereocenters. The van der Waals surface area contributed by atoms with Gasteiger partial charge in [-0.15, -0.1) is 0 Å². The molecule has 0 amide bonds. The van der Waals surface area contributed by atoms with Crippen LogP contribution in [-0.4, -0.2) is 15.8 Å². The molecule has 5 N–H and O–H groups in total. The summed E-state index contributed by atoms with van der Waals surface area (Å²) in [4.78, 5) is 8.44. The van der Waals surface area contributed by atoms with Gasteiger partial charge in [0.15, 0.2) is 5.84 Å². The van der Waals surface area contributed by atoms with E-state index in [1.165, 1.54) is 53.4 Å². The Morgan fingerprint density at radius 2 is 2.07 bits per heavy atom. The zero-order valence-electron chi connectivity index (χ0n) is 15.6. The summed E-state index contributed by atoms with van der Waals surface area (Å²) in [5.41, 5.74) is 13.2. The van der Waals surface area contributed by atoms with Gasteiger partial charge in [-0.25, -0.2) is 4.98 Å². The fourth-order valence-corrected chi connectivity index (χ4v) is 4.05. The monoisotopic (exact) mass is 359 g/mol. The lowest BCUT2D eigenvalue weighted by Gasteiger charge is -2.11. The fourth-order valence-electron chi connectivity index (χ4n) is 4.05. The third-order valence-electron chi connectivity index (χ3n) is 6.15. The minimum Gasteiger partial charge on any atom is -0.380 e. The normalized spacial score (nSPS) is 18.8. The van der Waals surface area contributed by atoms with Crippen LogP contribution in [0.1, 0.15) is 66.7 Å². The maximum absolute atomic E-state index is 5.84. The van der Waals surface area contributed by atoms with Gasteiger partial charge in [-0.1, -0.05) is 25.1 Å². The van der Waals surface area contributed by atoms with Crippen molar-refractivity contribution in [2.45, 2.75) is 50.4 Å². The summed E-state index contributed by atoms with van der Waals surface area (Å²) in [5, 5.41) is 4.89. The summed E-state index contributed by atoms with van der Waals surface area (Å²) in [5.74, 6) is 6.34. The first kappa shape index (κ1) is 16.4. The van der Waals surface area contributed by atoms with Gasteiger partial charge >= 0.3 is 0 Å². The lowest BCUT2D eigenvalue weighted by atomic mass is 9.95. The van der Waals surface area contributed by atoms with Gasteiger partial charge in [-0.3, -0.25) is 0 Å². The number of H-pyrrole nitrogens is 1. The van der Waals surface area contributed by atoms with E-state index in [1.54, 1.807) is 0 Å². The summed E-state index contributed by atoms with van der Waals surface area (Å²) in [6.45, 7) is 2.35. The maximum Gasteiger partial charge on any atom is 0.168 e. The van der Waals surface area contributed by atoms with Gasteiger partial charge in [0.05, 0.1) is 0 Å². The zero-order valence-corrected chi connectivity index (χ0v) is 15.6. The quantitative estimate of drug-likeness (QED) is 0.281. The number of hydrogen-bond donors (Lipinski definition) is 3. The third kappa shape index (κ3) is 2.87. The van der Waals surface area contributed by atoms with Gasteiger partial charge in [0.1, 0.15) is 5.69 Å². The number of nitrogens with two attached hydrogens (primary N) is 2. The number of hydrazone groups is 1. The second-order valence-corrected chi connectivity index (χ2v) is 8.32. The van der Waals surface area contributed by atoms with Crippen molar-refractivity contribution in [3.05, 3.63) is 64.6 Å². The van der Waals surface area contributed by atoms with E-state index in [-0.39, 0.29) is 11.3 Å². The molecule has 2 aliphatic carbocycles. The topological polar surface area (TPSA) is 93.1 Å². The molecule has 2 fully saturated rings. The molecular formula is C22H25N5. The average Bonchev–Trinajstić information content (AvgIpc) is 3.61. The van der Waals surface area contributed by atoms with Crippen LogP contribution in [0.5, 0.6) is 0 Å². The Morgan fingerprint density at radius 1 is 1.26 bits per heavy atom. The SMILES string of the molecule is CC1(c2[nH]c3cc(C4CC4)ccc3c2Cc2cccc(/C(N)=N/N)n2)CC1. The second-order valence-electron chi connectivity index (χ2n) is 8.32. The van der Waals surface area contributed by atoms with Crippen molar-refractivity contribution in [3.63, 3.8) is 0 Å². The molecule has 138 valence electrons. The zero-order chi connectivity index (χ0) is 18.6. The van der Waals surface area contributed by atoms with Gasteiger partial charge in [-0.2, -0.15) is 5.10 Å². The predicted octanol–water partition coefficient (Wildman–Crippen LogP) is 3.66. The minimum atomic E-state index is 0.263. The van der Waals surface area contributed by atoms with Crippen LogP contribution in [0.2, 0.25) is 0 Å². The molecule has 0 bridgehead atoms. The van der Waals surface area contributed by atoms with Crippen molar-refractivity contribution in [3.8, 4) is 0 Å². The van der Waals surface area contributed by atoms with Gasteiger partial charge in [0.25, 0.3) is 0 Å². The lowest BCUT2D eigenvalue weighted by Crippen LogP contribution is -2.17. The molecule has 2 heterocycles. The number of fused-ring (bicyclic) bond motifs is 1. The number of pyridine rings is 1. The molecule has 0 radical (unpaired) electrons. The molecule has 3 aromatic rings. The Kier molecular flexibility index (Phi) is 3.54. The van der Waals surface area contributed by atoms with Crippen molar-refractivity contribution in [2.75, 3.05) is 0 Å². The fraction of sp³-hybridized carbons (Fsp3) is 0.364. The van der Waals surface area contributed by atoms with Gasteiger partial charge < -0.3 is 16.6 Å². The van der Waals surface area contributed by atoms with E-state index in [9.17, 15) is 0 Å². The largest absolute Gasteiger partial charge is 0.380 e. The summed E-state index contributed by atoms with van der Waals surface area (Å²) in [6, 6.07) is 12.8. The Labute approximate surface area is 158 Å². The molecule has 5 rings (SSSR count).